The molecule has 2 heterocycles. The molecule has 8 heteroatoms. The standard InChI is InChI=1S/C16H16ClN5O2/c17-10-1-3-11(4-2-10)20-14-12-7-22(8-13(12)14)16-18-5-9(6-19-16)15(23)21-24/h1-6,12-14,20,24H,7-8H2,(H,21,23). The highest BCUT2D eigenvalue weighted by Gasteiger charge is 2.56. The molecule has 2 atom stereocenters. The fourth-order valence-electron chi connectivity index (χ4n) is 3.31. The number of carbonyl (C=O) groups excluding carboxylic acids is 1. The van der Waals surface area contributed by atoms with Crippen molar-refractivity contribution in [2.24, 2.45) is 11.8 Å². The first-order valence-electron chi connectivity index (χ1n) is 7.69. The van der Waals surface area contributed by atoms with Crippen molar-refractivity contribution in [3.05, 3.63) is 47.2 Å². The number of hydrogen-bond donors (Lipinski definition) is 3. The molecule has 1 aliphatic heterocycles. The molecule has 0 radical (unpaired) electrons. The molecule has 4 rings (SSSR count). The summed E-state index contributed by atoms with van der Waals surface area (Å²) in [5.74, 6) is 1.15. The molecule has 1 aliphatic carbocycles. The maximum absolute atomic E-state index is 11.3. The first kappa shape index (κ1) is 15.2. The third kappa shape index (κ3) is 2.76. The van der Waals surface area contributed by atoms with Gasteiger partial charge in [-0.2, -0.15) is 0 Å². The maximum Gasteiger partial charge on any atom is 0.277 e. The van der Waals surface area contributed by atoms with Crippen LogP contribution in [0.1, 0.15) is 10.4 Å². The summed E-state index contributed by atoms with van der Waals surface area (Å²) in [7, 11) is 0. The molecule has 0 spiro atoms. The van der Waals surface area contributed by atoms with Gasteiger partial charge in [0.1, 0.15) is 0 Å². The third-order valence-electron chi connectivity index (χ3n) is 4.66. The summed E-state index contributed by atoms with van der Waals surface area (Å²) in [6.45, 7) is 1.78. The summed E-state index contributed by atoms with van der Waals surface area (Å²) in [6.07, 6.45) is 2.84. The van der Waals surface area contributed by atoms with Gasteiger partial charge >= 0.3 is 0 Å². The van der Waals surface area contributed by atoms with Crippen molar-refractivity contribution < 1.29 is 10.0 Å². The lowest BCUT2D eigenvalue weighted by molar-refractivity contribution is 0.0705. The number of nitrogens with one attached hydrogen (secondary N) is 2. The molecule has 1 saturated heterocycles. The molecular weight excluding hydrogens is 330 g/mol. The minimum atomic E-state index is -0.613. The molecule has 1 saturated carbocycles. The summed E-state index contributed by atoms with van der Waals surface area (Å²) >= 11 is 5.90. The average Bonchev–Trinajstić information content (AvgIpc) is 3.05. The van der Waals surface area contributed by atoms with Crippen LogP contribution in [0.5, 0.6) is 0 Å². The number of amides is 1. The molecule has 7 nitrogen and oxygen atoms in total. The number of anilines is 2. The third-order valence-corrected chi connectivity index (χ3v) is 4.91. The maximum atomic E-state index is 11.3. The lowest BCUT2D eigenvalue weighted by atomic mass is 10.3. The number of nitrogens with zero attached hydrogens (tertiary/aromatic N) is 3. The first-order chi connectivity index (χ1) is 11.7. The molecule has 1 aromatic heterocycles. The highest BCUT2D eigenvalue weighted by Crippen LogP contribution is 2.47. The zero-order chi connectivity index (χ0) is 16.7. The van der Waals surface area contributed by atoms with Crippen molar-refractivity contribution in [1.29, 1.82) is 0 Å². The highest BCUT2D eigenvalue weighted by molar-refractivity contribution is 6.30. The van der Waals surface area contributed by atoms with Gasteiger partial charge in [-0.1, -0.05) is 11.6 Å². The molecule has 2 aromatic rings. The second kappa shape index (κ2) is 5.92. The van der Waals surface area contributed by atoms with Crippen molar-refractivity contribution >= 4 is 29.1 Å². The van der Waals surface area contributed by atoms with E-state index < -0.39 is 5.91 Å². The van der Waals surface area contributed by atoms with E-state index in [1.54, 1.807) is 5.48 Å². The van der Waals surface area contributed by atoms with Crippen LogP contribution in [-0.2, 0) is 0 Å². The molecule has 124 valence electrons. The Kier molecular flexibility index (Phi) is 3.74. The first-order valence-corrected chi connectivity index (χ1v) is 8.07. The topological polar surface area (TPSA) is 90.4 Å². The Morgan fingerprint density at radius 2 is 1.79 bits per heavy atom. The summed E-state index contributed by atoms with van der Waals surface area (Å²) < 4.78 is 0. The van der Waals surface area contributed by atoms with Gasteiger partial charge in [0.25, 0.3) is 5.91 Å². The quantitative estimate of drug-likeness (QED) is 0.578. The Hall–Kier alpha value is -2.38. The van der Waals surface area contributed by atoms with Gasteiger partial charge in [0, 0.05) is 54.1 Å². The number of hydrogen-bond acceptors (Lipinski definition) is 6. The van der Waals surface area contributed by atoms with Gasteiger partial charge in [-0.3, -0.25) is 10.0 Å². The molecule has 1 aromatic carbocycles. The molecule has 2 fully saturated rings. The second-order valence-electron chi connectivity index (χ2n) is 6.12. The molecule has 2 aliphatic rings. The van der Waals surface area contributed by atoms with Crippen molar-refractivity contribution in [2.75, 3.05) is 23.3 Å². The molecule has 24 heavy (non-hydrogen) atoms. The largest absolute Gasteiger partial charge is 0.382 e. The SMILES string of the molecule is O=C(NO)c1cnc(N2CC3C(C2)C3Nc2ccc(Cl)cc2)nc1. The van der Waals surface area contributed by atoms with Crippen molar-refractivity contribution in [3.8, 4) is 0 Å². The Bertz CT molecular complexity index is 740. The number of fused-ring (bicyclic) bond motifs is 1. The van der Waals surface area contributed by atoms with E-state index in [0.717, 1.165) is 23.8 Å². The molecule has 2 unspecified atom stereocenters. The van der Waals surface area contributed by atoms with E-state index in [1.165, 1.54) is 12.4 Å². The molecule has 0 bridgehead atoms. The van der Waals surface area contributed by atoms with Crippen LogP contribution in [0.3, 0.4) is 0 Å². The summed E-state index contributed by atoms with van der Waals surface area (Å²) in [5, 5.41) is 12.9. The number of hydroxylamine groups is 1. The number of carbonyl (C=O) groups is 1. The van der Waals surface area contributed by atoms with Gasteiger partial charge < -0.3 is 10.2 Å². The fraction of sp³-hybridized carbons (Fsp3) is 0.312. The van der Waals surface area contributed by atoms with E-state index in [2.05, 4.69) is 20.2 Å². The van der Waals surface area contributed by atoms with Crippen LogP contribution in [-0.4, -0.2) is 40.2 Å². The van der Waals surface area contributed by atoms with Gasteiger partial charge in [-0.05, 0) is 24.3 Å². The average molecular weight is 346 g/mol. The Balaban J connectivity index is 1.35. The van der Waals surface area contributed by atoms with E-state index in [9.17, 15) is 4.79 Å². The normalized spacial score (nSPS) is 24.4. The molecular formula is C16H16ClN5O2. The van der Waals surface area contributed by atoms with Crippen LogP contribution in [0.2, 0.25) is 5.02 Å². The van der Waals surface area contributed by atoms with E-state index in [1.807, 2.05) is 24.3 Å². The zero-order valence-corrected chi connectivity index (χ0v) is 13.4. The monoisotopic (exact) mass is 345 g/mol. The van der Waals surface area contributed by atoms with Crippen molar-refractivity contribution in [2.45, 2.75) is 6.04 Å². The Labute approximate surface area is 143 Å². The van der Waals surface area contributed by atoms with Crippen LogP contribution in [0.25, 0.3) is 0 Å². The van der Waals surface area contributed by atoms with Crippen molar-refractivity contribution in [1.82, 2.24) is 15.4 Å². The summed E-state index contributed by atoms with van der Waals surface area (Å²) in [5.41, 5.74) is 2.88. The summed E-state index contributed by atoms with van der Waals surface area (Å²) in [4.78, 5) is 21.8. The lowest BCUT2D eigenvalue weighted by Crippen LogP contribution is -2.29. The van der Waals surface area contributed by atoms with E-state index in [4.69, 9.17) is 16.8 Å². The van der Waals surface area contributed by atoms with E-state index >= 15 is 0 Å². The number of aromatic nitrogens is 2. The smallest absolute Gasteiger partial charge is 0.277 e. The Morgan fingerprint density at radius 1 is 1.17 bits per heavy atom. The number of rotatable bonds is 4. The van der Waals surface area contributed by atoms with Crippen LogP contribution in [0, 0.1) is 11.8 Å². The predicted octanol–water partition coefficient (Wildman–Crippen LogP) is 1.80. The second-order valence-corrected chi connectivity index (χ2v) is 6.56. The summed E-state index contributed by atoms with van der Waals surface area (Å²) in [6, 6.07) is 8.21. The molecule has 1 amide bonds. The number of piperidine rings is 1. The van der Waals surface area contributed by atoms with Gasteiger partial charge in [0.2, 0.25) is 5.95 Å². The minimum absolute atomic E-state index is 0.230. The highest BCUT2D eigenvalue weighted by atomic mass is 35.5. The number of benzene rings is 1. The van der Waals surface area contributed by atoms with E-state index in [-0.39, 0.29) is 5.56 Å². The molecule has 3 N–H and O–H groups in total. The van der Waals surface area contributed by atoms with Crippen LogP contribution >= 0.6 is 11.6 Å². The number of halogens is 1. The van der Waals surface area contributed by atoms with Crippen LogP contribution in [0.15, 0.2) is 36.7 Å². The predicted molar refractivity (Wildman–Crippen MR) is 89.3 cm³/mol. The van der Waals surface area contributed by atoms with Gasteiger partial charge in [-0.15, -0.1) is 0 Å². The lowest BCUT2D eigenvalue weighted by Gasteiger charge is -2.20. The Morgan fingerprint density at radius 3 is 2.38 bits per heavy atom. The van der Waals surface area contributed by atoms with Gasteiger partial charge in [-0.25, -0.2) is 15.4 Å². The van der Waals surface area contributed by atoms with E-state index in [0.29, 0.717) is 23.8 Å². The minimum Gasteiger partial charge on any atom is -0.382 e. The van der Waals surface area contributed by atoms with Gasteiger partial charge in [0.05, 0.1) is 5.56 Å². The van der Waals surface area contributed by atoms with Crippen molar-refractivity contribution in [3.63, 3.8) is 0 Å². The fourth-order valence-corrected chi connectivity index (χ4v) is 3.43. The van der Waals surface area contributed by atoms with Crippen LogP contribution in [0.4, 0.5) is 11.6 Å². The zero-order valence-electron chi connectivity index (χ0n) is 12.7. The van der Waals surface area contributed by atoms with Crippen LogP contribution < -0.4 is 15.7 Å². The van der Waals surface area contributed by atoms with Gasteiger partial charge in [0.15, 0.2) is 0 Å².